The lowest BCUT2D eigenvalue weighted by atomic mass is 10.0. The molecule has 0 aliphatic carbocycles. The minimum absolute atomic E-state index is 0.000268. The number of benzene rings is 2. The van der Waals surface area contributed by atoms with Gasteiger partial charge in [-0.3, -0.25) is 4.79 Å². The van der Waals surface area contributed by atoms with Crippen LogP contribution in [0.1, 0.15) is 41.2 Å². The third kappa shape index (κ3) is 3.88. The maximum absolute atomic E-state index is 13.4. The highest BCUT2D eigenvalue weighted by Crippen LogP contribution is 2.40. The van der Waals surface area contributed by atoms with Gasteiger partial charge in [0, 0.05) is 18.5 Å². The molecule has 4 rings (SSSR count). The first-order valence-corrected chi connectivity index (χ1v) is 10.5. The number of nitrogens with zero attached hydrogens (tertiary/aromatic N) is 1. The summed E-state index contributed by atoms with van der Waals surface area (Å²) >= 11 is 3.46. The fourth-order valence-corrected chi connectivity index (χ4v) is 4.45. The van der Waals surface area contributed by atoms with E-state index in [1.807, 2.05) is 23.1 Å². The van der Waals surface area contributed by atoms with Gasteiger partial charge in [-0.15, -0.1) is 0 Å². The fourth-order valence-electron chi connectivity index (χ4n) is 3.90. The molecule has 7 heteroatoms. The Morgan fingerprint density at radius 3 is 2.41 bits per heavy atom. The van der Waals surface area contributed by atoms with Crippen LogP contribution < -0.4 is 18.9 Å². The minimum Gasteiger partial charge on any atom is -0.495 e. The average molecular weight is 462 g/mol. The van der Waals surface area contributed by atoms with Gasteiger partial charge < -0.3 is 23.8 Å². The SMILES string of the molecule is COc1cc(C(=O)N2CCC[C@@H]2c2ccc3c(c2)OCCCO3)cc(OC)c1Br. The Kier molecular flexibility index (Phi) is 5.85. The Hall–Kier alpha value is -2.41. The molecule has 1 atom stereocenters. The number of likely N-dealkylation sites (tertiary alicyclic amines) is 1. The molecule has 154 valence electrons. The van der Waals surface area contributed by atoms with E-state index < -0.39 is 0 Å². The van der Waals surface area contributed by atoms with E-state index >= 15 is 0 Å². The van der Waals surface area contributed by atoms with Crippen molar-refractivity contribution in [2.75, 3.05) is 34.0 Å². The van der Waals surface area contributed by atoms with Gasteiger partial charge in [-0.1, -0.05) is 6.07 Å². The normalized spacial score (nSPS) is 18.3. The van der Waals surface area contributed by atoms with Crippen molar-refractivity contribution < 1.29 is 23.7 Å². The molecule has 0 radical (unpaired) electrons. The average Bonchev–Trinajstić information content (AvgIpc) is 3.12. The van der Waals surface area contributed by atoms with E-state index in [-0.39, 0.29) is 11.9 Å². The molecule has 2 heterocycles. The van der Waals surface area contributed by atoms with Crippen molar-refractivity contribution in [3.63, 3.8) is 0 Å². The third-order valence-electron chi connectivity index (χ3n) is 5.36. The van der Waals surface area contributed by atoms with Crippen LogP contribution in [-0.4, -0.2) is 44.8 Å². The number of hydrogen-bond acceptors (Lipinski definition) is 5. The molecule has 0 aromatic heterocycles. The van der Waals surface area contributed by atoms with E-state index in [0.717, 1.165) is 36.3 Å². The zero-order valence-corrected chi connectivity index (χ0v) is 18.2. The fraction of sp³-hybridized carbons (Fsp3) is 0.409. The van der Waals surface area contributed by atoms with Crippen molar-refractivity contribution in [2.45, 2.75) is 25.3 Å². The highest BCUT2D eigenvalue weighted by Gasteiger charge is 2.32. The van der Waals surface area contributed by atoms with Gasteiger partial charge in [-0.05, 0) is 58.6 Å². The van der Waals surface area contributed by atoms with Gasteiger partial charge in [0.25, 0.3) is 5.91 Å². The van der Waals surface area contributed by atoms with Crippen LogP contribution in [0.4, 0.5) is 0 Å². The highest BCUT2D eigenvalue weighted by atomic mass is 79.9. The molecule has 0 N–H and O–H groups in total. The zero-order chi connectivity index (χ0) is 20.4. The second-order valence-electron chi connectivity index (χ2n) is 7.11. The lowest BCUT2D eigenvalue weighted by molar-refractivity contribution is 0.0734. The van der Waals surface area contributed by atoms with E-state index in [9.17, 15) is 4.79 Å². The molecule has 1 amide bonds. The number of amides is 1. The summed E-state index contributed by atoms with van der Waals surface area (Å²) in [7, 11) is 3.15. The van der Waals surface area contributed by atoms with Crippen LogP contribution in [0.3, 0.4) is 0 Å². The van der Waals surface area contributed by atoms with Crippen LogP contribution in [0.2, 0.25) is 0 Å². The molecule has 2 aromatic rings. The van der Waals surface area contributed by atoms with Gasteiger partial charge in [0.05, 0.1) is 33.5 Å². The maximum atomic E-state index is 13.4. The summed E-state index contributed by atoms with van der Waals surface area (Å²) in [5, 5.41) is 0. The molecule has 0 spiro atoms. The second kappa shape index (κ2) is 8.53. The molecule has 2 aliphatic rings. The van der Waals surface area contributed by atoms with E-state index in [0.29, 0.717) is 41.3 Å². The summed E-state index contributed by atoms with van der Waals surface area (Å²) in [5.74, 6) is 2.62. The van der Waals surface area contributed by atoms with Gasteiger partial charge in [0.15, 0.2) is 11.5 Å². The molecule has 2 aliphatic heterocycles. The summed E-state index contributed by atoms with van der Waals surface area (Å²) in [4.78, 5) is 15.3. The lowest BCUT2D eigenvalue weighted by Gasteiger charge is -2.26. The monoisotopic (exact) mass is 461 g/mol. The number of hydrogen-bond donors (Lipinski definition) is 0. The van der Waals surface area contributed by atoms with Crippen LogP contribution >= 0.6 is 15.9 Å². The molecule has 1 fully saturated rings. The number of halogens is 1. The predicted molar refractivity (Wildman–Crippen MR) is 112 cm³/mol. The summed E-state index contributed by atoms with van der Waals surface area (Å²) in [6, 6.07) is 9.49. The van der Waals surface area contributed by atoms with E-state index in [2.05, 4.69) is 15.9 Å². The standard InChI is InChI=1S/C22H24BrNO5/c1-26-19-12-15(13-20(27-2)21(19)23)22(25)24-8-3-5-16(24)14-6-7-17-18(11-14)29-10-4-9-28-17/h6-7,11-13,16H,3-5,8-10H2,1-2H3/t16-/m1/s1. The Morgan fingerprint density at radius 1 is 1.03 bits per heavy atom. The van der Waals surface area contributed by atoms with Crippen LogP contribution in [0.5, 0.6) is 23.0 Å². The number of carbonyl (C=O) groups is 1. The van der Waals surface area contributed by atoms with Crippen molar-refractivity contribution in [1.29, 1.82) is 0 Å². The Labute approximate surface area is 178 Å². The van der Waals surface area contributed by atoms with Crippen molar-refractivity contribution in [3.8, 4) is 23.0 Å². The van der Waals surface area contributed by atoms with Crippen LogP contribution in [-0.2, 0) is 0 Å². The third-order valence-corrected chi connectivity index (χ3v) is 6.14. The molecule has 6 nitrogen and oxygen atoms in total. The summed E-state index contributed by atoms with van der Waals surface area (Å²) in [6.45, 7) is 2.01. The smallest absolute Gasteiger partial charge is 0.254 e. The molecule has 0 unspecified atom stereocenters. The van der Waals surface area contributed by atoms with Crippen molar-refractivity contribution in [1.82, 2.24) is 4.90 Å². The summed E-state index contributed by atoms with van der Waals surface area (Å²) in [5.41, 5.74) is 1.61. The largest absolute Gasteiger partial charge is 0.495 e. The Morgan fingerprint density at radius 2 is 1.72 bits per heavy atom. The maximum Gasteiger partial charge on any atom is 0.254 e. The molecule has 0 saturated carbocycles. The minimum atomic E-state index is -0.0382. The van der Waals surface area contributed by atoms with Gasteiger partial charge in [-0.25, -0.2) is 0 Å². The number of rotatable bonds is 4. The van der Waals surface area contributed by atoms with Gasteiger partial charge in [-0.2, -0.15) is 0 Å². The van der Waals surface area contributed by atoms with Gasteiger partial charge >= 0.3 is 0 Å². The number of fused-ring (bicyclic) bond motifs is 1. The van der Waals surface area contributed by atoms with E-state index in [1.165, 1.54) is 0 Å². The molecule has 29 heavy (non-hydrogen) atoms. The molecule has 0 bridgehead atoms. The second-order valence-corrected chi connectivity index (χ2v) is 7.90. The number of ether oxygens (including phenoxy) is 4. The van der Waals surface area contributed by atoms with Gasteiger partial charge in [0.1, 0.15) is 16.0 Å². The van der Waals surface area contributed by atoms with Crippen molar-refractivity contribution >= 4 is 21.8 Å². The van der Waals surface area contributed by atoms with Crippen LogP contribution in [0.25, 0.3) is 0 Å². The first-order chi connectivity index (χ1) is 14.1. The van der Waals surface area contributed by atoms with E-state index in [4.69, 9.17) is 18.9 Å². The Bertz CT molecular complexity index is 891. The summed E-state index contributed by atoms with van der Waals surface area (Å²) < 4.78 is 23.1. The number of carbonyl (C=O) groups excluding carboxylic acids is 1. The van der Waals surface area contributed by atoms with E-state index in [1.54, 1.807) is 26.4 Å². The molecular formula is C22H24BrNO5. The quantitative estimate of drug-likeness (QED) is 0.665. The molecule has 1 saturated heterocycles. The lowest BCUT2D eigenvalue weighted by Crippen LogP contribution is -2.30. The van der Waals surface area contributed by atoms with Crippen LogP contribution in [0, 0.1) is 0 Å². The first-order valence-electron chi connectivity index (χ1n) is 9.74. The molecule has 2 aromatic carbocycles. The highest BCUT2D eigenvalue weighted by molar-refractivity contribution is 9.10. The predicted octanol–water partition coefficient (Wildman–Crippen LogP) is 4.60. The first kappa shape index (κ1) is 19.9. The Balaban J connectivity index is 1.64. The van der Waals surface area contributed by atoms with Gasteiger partial charge in [0.2, 0.25) is 0 Å². The van der Waals surface area contributed by atoms with Crippen molar-refractivity contribution in [3.05, 3.63) is 45.9 Å². The van der Waals surface area contributed by atoms with Crippen LogP contribution in [0.15, 0.2) is 34.8 Å². The number of methoxy groups -OCH3 is 2. The van der Waals surface area contributed by atoms with Crippen molar-refractivity contribution in [2.24, 2.45) is 0 Å². The zero-order valence-electron chi connectivity index (χ0n) is 16.6. The summed E-state index contributed by atoms with van der Waals surface area (Å²) in [6.07, 6.45) is 2.73. The topological polar surface area (TPSA) is 57.2 Å². The molecular weight excluding hydrogens is 438 g/mol.